The topological polar surface area (TPSA) is 98.6 Å². The Bertz CT molecular complexity index is 515. The number of piperidine rings is 1. The molecule has 1 aliphatic heterocycles. The SMILES string of the molecule is CC(C)(C)OC(=O)N1CCCCC1.NC(=O)c1ccc(N)cc1. The summed E-state index contributed by atoms with van der Waals surface area (Å²) in [5.41, 5.74) is 11.1. The third-order valence-corrected chi connectivity index (χ3v) is 3.20. The minimum atomic E-state index is -0.431. The first-order chi connectivity index (χ1) is 10.7. The summed E-state index contributed by atoms with van der Waals surface area (Å²) >= 11 is 0. The van der Waals surface area contributed by atoms with Gasteiger partial charge in [0.2, 0.25) is 5.91 Å². The van der Waals surface area contributed by atoms with Gasteiger partial charge < -0.3 is 21.1 Å². The number of carbonyl (C=O) groups is 2. The maximum Gasteiger partial charge on any atom is 0.410 e. The molecule has 0 atom stereocenters. The van der Waals surface area contributed by atoms with Crippen LogP contribution in [0.2, 0.25) is 0 Å². The number of nitrogens with zero attached hydrogens (tertiary/aromatic N) is 1. The molecule has 2 rings (SSSR count). The smallest absolute Gasteiger partial charge is 0.410 e. The van der Waals surface area contributed by atoms with Crippen LogP contribution in [0.3, 0.4) is 0 Å². The molecule has 0 radical (unpaired) electrons. The van der Waals surface area contributed by atoms with Gasteiger partial charge in [-0.3, -0.25) is 4.79 Å². The molecular formula is C17H27N3O3. The van der Waals surface area contributed by atoms with Crippen molar-refractivity contribution in [3.8, 4) is 0 Å². The zero-order valence-electron chi connectivity index (χ0n) is 14.2. The van der Waals surface area contributed by atoms with E-state index in [2.05, 4.69) is 0 Å². The van der Waals surface area contributed by atoms with Crippen LogP contribution in [0.1, 0.15) is 50.4 Å². The Morgan fingerprint density at radius 1 is 1.04 bits per heavy atom. The van der Waals surface area contributed by atoms with Gasteiger partial charge in [0.15, 0.2) is 0 Å². The molecule has 23 heavy (non-hydrogen) atoms. The molecule has 2 amide bonds. The Morgan fingerprint density at radius 2 is 1.57 bits per heavy atom. The number of rotatable bonds is 1. The maximum absolute atomic E-state index is 11.5. The van der Waals surface area contributed by atoms with Crippen LogP contribution < -0.4 is 11.5 Å². The van der Waals surface area contributed by atoms with Gasteiger partial charge in [0.25, 0.3) is 0 Å². The van der Waals surface area contributed by atoms with Crippen molar-refractivity contribution in [1.82, 2.24) is 4.90 Å². The van der Waals surface area contributed by atoms with Crippen LogP contribution in [0.25, 0.3) is 0 Å². The van der Waals surface area contributed by atoms with E-state index in [9.17, 15) is 9.59 Å². The molecule has 0 bridgehead atoms. The average Bonchev–Trinajstić information content (AvgIpc) is 2.47. The fourth-order valence-electron chi connectivity index (χ4n) is 2.05. The molecule has 0 aliphatic carbocycles. The maximum atomic E-state index is 11.5. The predicted molar refractivity (Wildman–Crippen MR) is 91.0 cm³/mol. The lowest BCUT2D eigenvalue weighted by Gasteiger charge is -2.29. The second-order valence-electron chi connectivity index (χ2n) is 6.51. The Morgan fingerprint density at radius 3 is 2.00 bits per heavy atom. The number of primary amides is 1. The summed E-state index contributed by atoms with van der Waals surface area (Å²) in [6.07, 6.45) is 3.30. The zero-order chi connectivity index (χ0) is 17.5. The van der Waals surface area contributed by atoms with Crippen LogP contribution >= 0.6 is 0 Å². The lowest BCUT2D eigenvalue weighted by atomic mass is 10.1. The van der Waals surface area contributed by atoms with E-state index >= 15 is 0 Å². The van der Waals surface area contributed by atoms with Crippen LogP contribution in [-0.4, -0.2) is 35.6 Å². The van der Waals surface area contributed by atoms with E-state index in [1.165, 1.54) is 6.42 Å². The Balaban J connectivity index is 0.000000238. The van der Waals surface area contributed by atoms with Crippen molar-refractivity contribution < 1.29 is 14.3 Å². The van der Waals surface area contributed by atoms with Gasteiger partial charge in [-0.1, -0.05) is 0 Å². The van der Waals surface area contributed by atoms with Crippen LogP contribution in [0, 0.1) is 0 Å². The summed E-state index contributed by atoms with van der Waals surface area (Å²) in [4.78, 5) is 23.8. The normalized spacial score (nSPS) is 14.5. The molecule has 1 aromatic carbocycles. The Labute approximate surface area is 137 Å². The number of nitrogens with two attached hydrogens (primary N) is 2. The van der Waals surface area contributed by atoms with Gasteiger partial charge in [-0.25, -0.2) is 4.79 Å². The highest BCUT2D eigenvalue weighted by molar-refractivity contribution is 5.93. The van der Waals surface area contributed by atoms with E-state index in [1.807, 2.05) is 20.8 Å². The molecule has 6 nitrogen and oxygen atoms in total. The third kappa shape index (κ3) is 7.54. The first-order valence-corrected chi connectivity index (χ1v) is 7.82. The first kappa shape index (κ1) is 18.8. The monoisotopic (exact) mass is 321 g/mol. The van der Waals surface area contributed by atoms with Crippen LogP contribution in [0.5, 0.6) is 0 Å². The van der Waals surface area contributed by atoms with Crippen molar-refractivity contribution in [2.24, 2.45) is 5.73 Å². The molecule has 0 spiro atoms. The van der Waals surface area contributed by atoms with E-state index in [1.54, 1.807) is 29.2 Å². The quantitative estimate of drug-likeness (QED) is 0.777. The number of carbonyl (C=O) groups excluding carboxylic acids is 2. The molecule has 1 heterocycles. The van der Waals surface area contributed by atoms with Crippen molar-refractivity contribution in [2.75, 3.05) is 18.8 Å². The molecule has 1 saturated heterocycles. The molecule has 1 aromatic rings. The van der Waals surface area contributed by atoms with Crippen LogP contribution in [0.4, 0.5) is 10.5 Å². The molecule has 6 heteroatoms. The Hall–Kier alpha value is -2.24. The summed E-state index contributed by atoms with van der Waals surface area (Å²) in [7, 11) is 0. The molecule has 4 N–H and O–H groups in total. The second-order valence-corrected chi connectivity index (χ2v) is 6.51. The summed E-state index contributed by atoms with van der Waals surface area (Å²) < 4.78 is 5.26. The number of amides is 2. The second kappa shape index (κ2) is 8.41. The van der Waals surface area contributed by atoms with Crippen molar-refractivity contribution in [3.05, 3.63) is 29.8 Å². The lowest BCUT2D eigenvalue weighted by Crippen LogP contribution is -2.39. The highest BCUT2D eigenvalue weighted by atomic mass is 16.6. The van der Waals surface area contributed by atoms with Gasteiger partial charge in [-0.15, -0.1) is 0 Å². The summed E-state index contributed by atoms with van der Waals surface area (Å²) in [6, 6.07) is 6.47. The molecule has 0 aromatic heterocycles. The third-order valence-electron chi connectivity index (χ3n) is 3.20. The van der Waals surface area contributed by atoms with Crippen molar-refractivity contribution >= 4 is 17.7 Å². The predicted octanol–water partition coefficient (Wildman–Crippen LogP) is 2.78. The molecule has 128 valence electrons. The average molecular weight is 321 g/mol. The minimum absolute atomic E-state index is 0.160. The molecular weight excluding hydrogens is 294 g/mol. The number of nitrogen functional groups attached to an aromatic ring is 1. The number of hydrogen-bond donors (Lipinski definition) is 2. The van der Waals surface area contributed by atoms with Crippen LogP contribution in [-0.2, 0) is 4.74 Å². The van der Waals surface area contributed by atoms with Gasteiger partial charge in [0.05, 0.1) is 0 Å². The number of likely N-dealkylation sites (tertiary alicyclic amines) is 1. The van der Waals surface area contributed by atoms with E-state index in [4.69, 9.17) is 16.2 Å². The standard InChI is InChI=1S/C10H19NO2.C7H8N2O/c1-10(2,3)13-9(12)11-7-5-4-6-8-11;8-6-3-1-5(2-4-6)7(9)10/h4-8H2,1-3H3;1-4H,8H2,(H2,9,10). The summed E-state index contributed by atoms with van der Waals surface area (Å²) in [5, 5.41) is 0. The van der Waals surface area contributed by atoms with Crippen LogP contribution in [0.15, 0.2) is 24.3 Å². The van der Waals surface area contributed by atoms with Crippen molar-refractivity contribution in [2.45, 2.75) is 45.6 Å². The molecule has 0 saturated carbocycles. The number of hydrogen-bond acceptors (Lipinski definition) is 4. The fourth-order valence-corrected chi connectivity index (χ4v) is 2.05. The Kier molecular flexibility index (Phi) is 6.88. The largest absolute Gasteiger partial charge is 0.444 e. The molecule has 1 aliphatic rings. The van der Waals surface area contributed by atoms with Crippen molar-refractivity contribution in [3.63, 3.8) is 0 Å². The zero-order valence-corrected chi connectivity index (χ0v) is 14.2. The van der Waals surface area contributed by atoms with Gasteiger partial charge in [0.1, 0.15) is 5.60 Å². The van der Waals surface area contributed by atoms with Gasteiger partial charge in [-0.05, 0) is 64.3 Å². The number of benzene rings is 1. The van der Waals surface area contributed by atoms with Gasteiger partial charge >= 0.3 is 6.09 Å². The van der Waals surface area contributed by atoms with E-state index < -0.39 is 5.91 Å². The van der Waals surface area contributed by atoms with E-state index in [0.29, 0.717) is 11.3 Å². The summed E-state index contributed by atoms with van der Waals surface area (Å²) in [5.74, 6) is -0.431. The highest BCUT2D eigenvalue weighted by Crippen LogP contribution is 2.14. The van der Waals surface area contributed by atoms with E-state index in [0.717, 1.165) is 25.9 Å². The molecule has 0 unspecified atom stereocenters. The van der Waals surface area contributed by atoms with E-state index in [-0.39, 0.29) is 11.7 Å². The highest BCUT2D eigenvalue weighted by Gasteiger charge is 2.22. The van der Waals surface area contributed by atoms with Crippen molar-refractivity contribution in [1.29, 1.82) is 0 Å². The summed E-state index contributed by atoms with van der Waals surface area (Å²) in [6.45, 7) is 7.41. The first-order valence-electron chi connectivity index (χ1n) is 7.82. The van der Waals surface area contributed by atoms with Gasteiger partial charge in [-0.2, -0.15) is 0 Å². The molecule has 1 fully saturated rings. The minimum Gasteiger partial charge on any atom is -0.444 e. The lowest BCUT2D eigenvalue weighted by molar-refractivity contribution is 0.0216. The fraction of sp³-hybridized carbons (Fsp3) is 0.529. The number of ether oxygens (including phenoxy) is 1. The number of anilines is 1. The van der Waals surface area contributed by atoms with Gasteiger partial charge in [0, 0.05) is 24.3 Å².